The molecule has 0 unspecified atom stereocenters. The number of esters is 1. The first kappa shape index (κ1) is 20.7. The van der Waals surface area contributed by atoms with Crippen LogP contribution in [0.4, 0.5) is 0 Å². The van der Waals surface area contributed by atoms with Gasteiger partial charge in [-0.1, -0.05) is 6.42 Å². The molecule has 0 aromatic heterocycles. The monoisotopic (exact) mass is 340 g/mol. The lowest BCUT2D eigenvalue weighted by molar-refractivity contribution is -0.140. The second-order valence-corrected chi connectivity index (χ2v) is 7.02. The van der Waals surface area contributed by atoms with Gasteiger partial charge in [-0.25, -0.2) is 0 Å². The van der Waals surface area contributed by atoms with Crippen LogP contribution in [0.1, 0.15) is 59.3 Å². The summed E-state index contributed by atoms with van der Waals surface area (Å²) < 4.78 is 4.65. The van der Waals surface area contributed by atoms with E-state index >= 15 is 0 Å². The molecular formula is C18H36N4O2. The molecule has 1 aliphatic heterocycles. The molecule has 2 N–H and O–H groups in total. The van der Waals surface area contributed by atoms with Gasteiger partial charge in [-0.3, -0.25) is 14.7 Å². The first-order valence-corrected chi connectivity index (χ1v) is 9.33. The number of hydrogen-bond acceptors (Lipinski definition) is 4. The van der Waals surface area contributed by atoms with Crippen molar-refractivity contribution in [2.45, 2.75) is 64.8 Å². The molecule has 1 heterocycles. The number of ether oxygens (including phenoxy) is 1. The SMILES string of the molecule is CCNC(=NCC(C)(C)N1CCCCC1)NCCCCC(=O)OC. The predicted molar refractivity (Wildman–Crippen MR) is 99.4 cm³/mol. The molecule has 0 atom stereocenters. The fraction of sp³-hybridized carbons (Fsp3) is 0.889. The summed E-state index contributed by atoms with van der Waals surface area (Å²) in [4.78, 5) is 18.4. The van der Waals surface area contributed by atoms with Crippen molar-refractivity contribution in [1.29, 1.82) is 0 Å². The van der Waals surface area contributed by atoms with Crippen LogP contribution < -0.4 is 10.6 Å². The highest BCUT2D eigenvalue weighted by molar-refractivity contribution is 5.79. The Morgan fingerprint density at radius 1 is 1.17 bits per heavy atom. The van der Waals surface area contributed by atoms with E-state index in [1.807, 2.05) is 0 Å². The van der Waals surface area contributed by atoms with Gasteiger partial charge in [-0.15, -0.1) is 0 Å². The number of carbonyl (C=O) groups excluding carboxylic acids is 1. The van der Waals surface area contributed by atoms with E-state index in [1.54, 1.807) is 0 Å². The number of likely N-dealkylation sites (tertiary alicyclic amines) is 1. The lowest BCUT2D eigenvalue weighted by Crippen LogP contribution is -2.49. The number of piperidine rings is 1. The van der Waals surface area contributed by atoms with Crippen LogP contribution in [0.25, 0.3) is 0 Å². The van der Waals surface area contributed by atoms with Gasteiger partial charge in [-0.2, -0.15) is 0 Å². The molecule has 1 aliphatic rings. The van der Waals surface area contributed by atoms with E-state index in [1.165, 1.54) is 39.5 Å². The maximum absolute atomic E-state index is 11.1. The molecule has 0 amide bonds. The highest BCUT2D eigenvalue weighted by atomic mass is 16.5. The molecule has 24 heavy (non-hydrogen) atoms. The Balaban J connectivity index is 2.39. The maximum Gasteiger partial charge on any atom is 0.305 e. The summed E-state index contributed by atoms with van der Waals surface area (Å²) in [6, 6.07) is 0. The van der Waals surface area contributed by atoms with Crippen molar-refractivity contribution in [3.05, 3.63) is 0 Å². The van der Waals surface area contributed by atoms with Gasteiger partial charge < -0.3 is 15.4 Å². The maximum atomic E-state index is 11.1. The number of aliphatic imine (C=N–C) groups is 1. The summed E-state index contributed by atoms with van der Waals surface area (Å²) in [5.41, 5.74) is 0.0909. The Morgan fingerprint density at radius 3 is 2.50 bits per heavy atom. The molecule has 1 saturated heterocycles. The van der Waals surface area contributed by atoms with Crippen molar-refractivity contribution in [3.8, 4) is 0 Å². The third kappa shape index (κ3) is 7.99. The third-order valence-corrected chi connectivity index (χ3v) is 4.51. The zero-order valence-electron chi connectivity index (χ0n) is 16.0. The van der Waals surface area contributed by atoms with Crippen LogP contribution >= 0.6 is 0 Å². The Labute approximate surface area is 147 Å². The highest BCUT2D eigenvalue weighted by Gasteiger charge is 2.27. The van der Waals surface area contributed by atoms with Crippen LogP contribution in [0.5, 0.6) is 0 Å². The highest BCUT2D eigenvalue weighted by Crippen LogP contribution is 2.20. The van der Waals surface area contributed by atoms with E-state index in [4.69, 9.17) is 4.99 Å². The summed E-state index contributed by atoms with van der Waals surface area (Å²) in [5.74, 6) is 0.722. The fourth-order valence-corrected chi connectivity index (χ4v) is 2.92. The largest absolute Gasteiger partial charge is 0.469 e. The molecule has 0 aromatic carbocycles. The summed E-state index contributed by atoms with van der Waals surface area (Å²) in [6.45, 7) is 11.4. The molecule has 0 aromatic rings. The van der Waals surface area contributed by atoms with Gasteiger partial charge in [-0.05, 0) is 59.5 Å². The molecule has 0 saturated carbocycles. The summed E-state index contributed by atoms with van der Waals surface area (Å²) in [5, 5.41) is 6.65. The van der Waals surface area contributed by atoms with E-state index in [-0.39, 0.29) is 11.5 Å². The minimum Gasteiger partial charge on any atom is -0.469 e. The second kappa shape index (κ2) is 11.3. The van der Waals surface area contributed by atoms with E-state index < -0.39 is 0 Å². The topological polar surface area (TPSA) is 66.0 Å². The predicted octanol–water partition coefficient (Wildman–Crippen LogP) is 2.15. The number of nitrogens with zero attached hydrogens (tertiary/aromatic N) is 2. The van der Waals surface area contributed by atoms with E-state index in [0.717, 1.165) is 38.4 Å². The average Bonchev–Trinajstić information content (AvgIpc) is 2.59. The van der Waals surface area contributed by atoms with Gasteiger partial charge >= 0.3 is 5.97 Å². The second-order valence-electron chi connectivity index (χ2n) is 7.02. The molecule has 0 aliphatic carbocycles. The van der Waals surface area contributed by atoms with E-state index in [0.29, 0.717) is 6.42 Å². The van der Waals surface area contributed by atoms with Crippen LogP contribution in [0.2, 0.25) is 0 Å². The van der Waals surface area contributed by atoms with E-state index in [9.17, 15) is 4.79 Å². The van der Waals surface area contributed by atoms with Crippen molar-refractivity contribution in [1.82, 2.24) is 15.5 Å². The number of carbonyl (C=O) groups is 1. The van der Waals surface area contributed by atoms with Crippen LogP contribution in [-0.2, 0) is 9.53 Å². The first-order valence-electron chi connectivity index (χ1n) is 9.33. The van der Waals surface area contributed by atoms with Crippen molar-refractivity contribution in [3.63, 3.8) is 0 Å². The standard InChI is InChI=1S/C18H36N4O2/c1-5-19-17(20-12-8-7-11-16(23)24-4)21-15-18(2,3)22-13-9-6-10-14-22/h5-15H2,1-4H3,(H2,19,20,21). The van der Waals surface area contributed by atoms with Crippen LogP contribution in [-0.4, -0.2) is 62.2 Å². The average molecular weight is 341 g/mol. The molecule has 1 fully saturated rings. The zero-order valence-corrected chi connectivity index (χ0v) is 16.0. The van der Waals surface area contributed by atoms with Gasteiger partial charge in [0.15, 0.2) is 5.96 Å². The molecule has 6 nitrogen and oxygen atoms in total. The number of unbranched alkanes of at least 4 members (excludes halogenated alkanes) is 1. The molecule has 140 valence electrons. The number of rotatable bonds is 9. The normalized spacial score (nSPS) is 16.8. The van der Waals surface area contributed by atoms with Crippen molar-refractivity contribution >= 4 is 11.9 Å². The van der Waals surface area contributed by atoms with E-state index in [2.05, 4.69) is 41.0 Å². The minimum atomic E-state index is -0.140. The smallest absolute Gasteiger partial charge is 0.305 e. The Bertz CT molecular complexity index is 390. The summed E-state index contributed by atoms with van der Waals surface area (Å²) in [7, 11) is 1.43. The van der Waals surface area contributed by atoms with Gasteiger partial charge in [0.25, 0.3) is 0 Å². The van der Waals surface area contributed by atoms with Crippen LogP contribution in [0, 0.1) is 0 Å². The molecule has 6 heteroatoms. The third-order valence-electron chi connectivity index (χ3n) is 4.51. The fourth-order valence-electron chi connectivity index (χ4n) is 2.92. The molecule has 1 rings (SSSR count). The van der Waals surface area contributed by atoms with Gasteiger partial charge in [0.1, 0.15) is 0 Å². The Kier molecular flexibility index (Phi) is 9.76. The Hall–Kier alpha value is -1.30. The quantitative estimate of drug-likeness (QED) is 0.291. The van der Waals surface area contributed by atoms with Crippen LogP contribution in [0.3, 0.4) is 0 Å². The first-order chi connectivity index (χ1) is 11.5. The Morgan fingerprint density at radius 2 is 1.88 bits per heavy atom. The van der Waals surface area contributed by atoms with Gasteiger partial charge in [0.05, 0.1) is 13.7 Å². The van der Waals surface area contributed by atoms with Crippen LogP contribution in [0.15, 0.2) is 4.99 Å². The summed E-state index contributed by atoms with van der Waals surface area (Å²) in [6.07, 6.45) is 6.18. The lowest BCUT2D eigenvalue weighted by Gasteiger charge is -2.40. The van der Waals surface area contributed by atoms with Crippen molar-refractivity contribution in [2.75, 3.05) is 39.8 Å². The molecule has 0 bridgehead atoms. The molecular weight excluding hydrogens is 304 g/mol. The number of hydrogen-bond donors (Lipinski definition) is 2. The number of nitrogens with one attached hydrogen (secondary N) is 2. The number of guanidine groups is 1. The van der Waals surface area contributed by atoms with Crippen molar-refractivity contribution in [2.24, 2.45) is 4.99 Å². The molecule has 0 spiro atoms. The molecule has 0 radical (unpaired) electrons. The van der Waals surface area contributed by atoms with Gasteiger partial charge in [0, 0.05) is 25.0 Å². The van der Waals surface area contributed by atoms with Crippen molar-refractivity contribution < 1.29 is 9.53 Å². The van der Waals surface area contributed by atoms with Gasteiger partial charge in [0.2, 0.25) is 0 Å². The zero-order chi connectivity index (χ0) is 17.8. The number of methoxy groups -OCH3 is 1. The summed E-state index contributed by atoms with van der Waals surface area (Å²) >= 11 is 0. The minimum absolute atomic E-state index is 0.0909. The lowest BCUT2D eigenvalue weighted by atomic mass is 9.99.